The average Bonchev–Trinajstić information content (AvgIpc) is 2.82. The van der Waals surface area contributed by atoms with Gasteiger partial charge in [-0.3, -0.25) is 9.38 Å². The highest BCUT2D eigenvalue weighted by molar-refractivity contribution is 6.32. The summed E-state index contributed by atoms with van der Waals surface area (Å²) < 4.78 is 1.86. The maximum Gasteiger partial charge on any atom is 0.198 e. The molecule has 3 aromatic rings. The Labute approximate surface area is 108 Å². The third-order valence-electron chi connectivity index (χ3n) is 2.69. The fraction of sp³-hybridized carbons (Fsp3) is 0.167. The molecule has 0 aliphatic heterocycles. The molecule has 0 saturated heterocycles. The number of aromatic nitrogens is 5. The molecule has 0 aliphatic rings. The van der Waals surface area contributed by atoms with Gasteiger partial charge in [0.05, 0.1) is 0 Å². The van der Waals surface area contributed by atoms with Gasteiger partial charge in [-0.2, -0.15) is 0 Å². The number of nitrogens with zero attached hydrogens (tertiary/aromatic N) is 5. The van der Waals surface area contributed by atoms with E-state index in [0.29, 0.717) is 10.8 Å². The quantitative estimate of drug-likeness (QED) is 0.722. The second-order valence-corrected chi connectivity index (χ2v) is 4.21. The Balaban J connectivity index is 1.85. The van der Waals surface area contributed by atoms with Crippen molar-refractivity contribution in [2.75, 3.05) is 0 Å². The lowest BCUT2D eigenvalue weighted by atomic mass is 10.2. The first-order chi connectivity index (χ1) is 8.84. The highest BCUT2D eigenvalue weighted by Crippen LogP contribution is 2.13. The van der Waals surface area contributed by atoms with Crippen molar-refractivity contribution in [1.82, 2.24) is 24.6 Å². The SMILES string of the molecule is Clc1nccn2c(CCc3ccccn3)nnc12. The van der Waals surface area contributed by atoms with Gasteiger partial charge in [0.25, 0.3) is 0 Å². The Kier molecular flexibility index (Phi) is 2.90. The maximum atomic E-state index is 5.94. The van der Waals surface area contributed by atoms with Crippen molar-refractivity contribution in [3.05, 3.63) is 53.5 Å². The molecule has 0 bridgehead atoms. The van der Waals surface area contributed by atoms with Crippen LogP contribution in [0.4, 0.5) is 0 Å². The summed E-state index contributed by atoms with van der Waals surface area (Å²) in [5.74, 6) is 0.861. The van der Waals surface area contributed by atoms with Crippen LogP contribution in [0.15, 0.2) is 36.8 Å². The van der Waals surface area contributed by atoms with E-state index in [1.54, 1.807) is 12.4 Å². The Morgan fingerprint density at radius 1 is 1.06 bits per heavy atom. The van der Waals surface area contributed by atoms with Crippen molar-refractivity contribution >= 4 is 17.2 Å². The van der Waals surface area contributed by atoms with E-state index in [1.165, 1.54) is 0 Å². The zero-order chi connectivity index (χ0) is 12.4. The maximum absolute atomic E-state index is 5.94. The monoisotopic (exact) mass is 259 g/mol. The Morgan fingerprint density at radius 3 is 2.83 bits per heavy atom. The van der Waals surface area contributed by atoms with Crippen molar-refractivity contribution in [1.29, 1.82) is 0 Å². The molecule has 0 unspecified atom stereocenters. The summed E-state index contributed by atoms with van der Waals surface area (Å²) in [5.41, 5.74) is 1.63. The summed E-state index contributed by atoms with van der Waals surface area (Å²) in [6.45, 7) is 0. The van der Waals surface area contributed by atoms with Crippen LogP contribution in [0.1, 0.15) is 11.5 Å². The summed E-state index contributed by atoms with van der Waals surface area (Å²) in [5, 5.41) is 8.53. The lowest BCUT2D eigenvalue weighted by Crippen LogP contribution is -1.99. The molecule has 0 saturated carbocycles. The Hall–Kier alpha value is -2.01. The van der Waals surface area contributed by atoms with Gasteiger partial charge in [0.15, 0.2) is 10.8 Å². The number of rotatable bonds is 3. The molecule has 0 spiro atoms. The molecule has 90 valence electrons. The second-order valence-electron chi connectivity index (χ2n) is 3.85. The fourth-order valence-electron chi connectivity index (χ4n) is 1.80. The van der Waals surface area contributed by atoms with E-state index in [9.17, 15) is 0 Å². The first kappa shape index (κ1) is 11.1. The molecule has 0 aliphatic carbocycles. The predicted octanol–water partition coefficient (Wildman–Crippen LogP) is 1.96. The van der Waals surface area contributed by atoms with E-state index in [-0.39, 0.29) is 0 Å². The predicted molar refractivity (Wildman–Crippen MR) is 67.4 cm³/mol. The average molecular weight is 260 g/mol. The third-order valence-corrected chi connectivity index (χ3v) is 2.95. The number of pyridine rings is 1. The number of hydrogen-bond acceptors (Lipinski definition) is 4. The van der Waals surface area contributed by atoms with Gasteiger partial charge < -0.3 is 0 Å². The molecular weight excluding hydrogens is 250 g/mol. The number of aryl methyl sites for hydroxylation is 2. The Morgan fingerprint density at radius 2 is 2.00 bits per heavy atom. The fourth-order valence-corrected chi connectivity index (χ4v) is 1.99. The van der Waals surface area contributed by atoms with Gasteiger partial charge in [-0.15, -0.1) is 10.2 Å². The molecule has 5 nitrogen and oxygen atoms in total. The molecule has 3 rings (SSSR count). The van der Waals surface area contributed by atoms with E-state index in [4.69, 9.17) is 11.6 Å². The topological polar surface area (TPSA) is 56.0 Å². The molecule has 0 fully saturated rings. The van der Waals surface area contributed by atoms with Gasteiger partial charge in [-0.05, 0) is 18.6 Å². The molecule has 6 heteroatoms. The van der Waals surface area contributed by atoms with E-state index >= 15 is 0 Å². The molecule has 3 heterocycles. The van der Waals surface area contributed by atoms with Crippen LogP contribution in [0.25, 0.3) is 5.65 Å². The van der Waals surface area contributed by atoms with Crippen LogP contribution in [0.2, 0.25) is 5.15 Å². The summed E-state index contributed by atoms with van der Waals surface area (Å²) in [4.78, 5) is 8.25. The third kappa shape index (κ3) is 2.04. The lowest BCUT2D eigenvalue weighted by Gasteiger charge is -2.00. The van der Waals surface area contributed by atoms with Crippen LogP contribution in [0.5, 0.6) is 0 Å². The van der Waals surface area contributed by atoms with Crippen molar-refractivity contribution in [2.45, 2.75) is 12.8 Å². The van der Waals surface area contributed by atoms with Crippen molar-refractivity contribution in [2.24, 2.45) is 0 Å². The summed E-state index contributed by atoms with van der Waals surface area (Å²) in [6.07, 6.45) is 6.83. The smallest absolute Gasteiger partial charge is 0.198 e. The Bertz CT molecular complexity index is 665. The van der Waals surface area contributed by atoms with E-state index in [2.05, 4.69) is 20.2 Å². The normalized spacial score (nSPS) is 10.9. The van der Waals surface area contributed by atoms with Crippen molar-refractivity contribution in [3.8, 4) is 0 Å². The zero-order valence-corrected chi connectivity index (χ0v) is 10.2. The molecule has 18 heavy (non-hydrogen) atoms. The van der Waals surface area contributed by atoms with Gasteiger partial charge in [0.2, 0.25) is 0 Å². The highest BCUT2D eigenvalue weighted by Gasteiger charge is 2.08. The van der Waals surface area contributed by atoms with Crippen molar-refractivity contribution in [3.63, 3.8) is 0 Å². The van der Waals surface area contributed by atoms with Gasteiger partial charge in [0, 0.05) is 30.7 Å². The van der Waals surface area contributed by atoms with Crippen molar-refractivity contribution < 1.29 is 0 Å². The summed E-state index contributed by atoms with van der Waals surface area (Å²) in [7, 11) is 0. The van der Waals surface area contributed by atoms with Gasteiger partial charge in [-0.25, -0.2) is 4.98 Å². The van der Waals surface area contributed by atoms with Crippen LogP contribution in [0.3, 0.4) is 0 Å². The standard InChI is InChI=1S/C12H10ClN5/c13-11-12-17-16-10(18(12)8-7-15-11)5-4-9-3-1-2-6-14-9/h1-3,6-8H,4-5H2. The minimum atomic E-state index is 0.370. The molecular formula is C12H10ClN5. The summed E-state index contributed by atoms with van der Waals surface area (Å²) in [6, 6.07) is 5.88. The number of halogens is 1. The highest BCUT2D eigenvalue weighted by atomic mass is 35.5. The molecule has 3 aromatic heterocycles. The molecule has 0 atom stereocenters. The minimum absolute atomic E-state index is 0.370. The van der Waals surface area contributed by atoms with E-state index < -0.39 is 0 Å². The second kappa shape index (κ2) is 4.70. The summed E-state index contributed by atoms with van der Waals surface area (Å²) >= 11 is 5.94. The van der Waals surface area contributed by atoms with Crippen LogP contribution in [-0.4, -0.2) is 24.6 Å². The van der Waals surface area contributed by atoms with Crippen LogP contribution >= 0.6 is 11.6 Å². The molecule has 0 aromatic carbocycles. The minimum Gasteiger partial charge on any atom is -0.282 e. The van der Waals surface area contributed by atoms with E-state index in [0.717, 1.165) is 24.4 Å². The van der Waals surface area contributed by atoms with Gasteiger partial charge in [0.1, 0.15) is 5.82 Å². The first-order valence-corrected chi connectivity index (χ1v) is 5.96. The first-order valence-electron chi connectivity index (χ1n) is 5.58. The molecule has 0 amide bonds. The van der Waals surface area contributed by atoms with Crippen LogP contribution in [0, 0.1) is 0 Å². The molecule has 0 N–H and O–H groups in total. The largest absolute Gasteiger partial charge is 0.282 e. The number of fused-ring (bicyclic) bond motifs is 1. The van der Waals surface area contributed by atoms with Gasteiger partial charge >= 0.3 is 0 Å². The molecule has 0 radical (unpaired) electrons. The lowest BCUT2D eigenvalue weighted by molar-refractivity contribution is 0.819. The van der Waals surface area contributed by atoms with E-state index in [1.807, 2.05) is 28.8 Å². The van der Waals surface area contributed by atoms with Gasteiger partial charge in [-0.1, -0.05) is 17.7 Å². The van der Waals surface area contributed by atoms with Crippen LogP contribution in [-0.2, 0) is 12.8 Å². The van der Waals surface area contributed by atoms with Crippen LogP contribution < -0.4 is 0 Å². The number of hydrogen-bond donors (Lipinski definition) is 0. The zero-order valence-electron chi connectivity index (χ0n) is 9.49.